The Morgan fingerprint density at radius 3 is 2.50 bits per heavy atom. The standard InChI is InChI=1S/C19H18BrClN4O3/c1-27-10-11-28-19-23-18(13-2-4-14(20)5-3-13)25(24-19)16-8-6-15(7-9-16)22-17(26)12-21/h2-9H,10-12H2,1H3,(H,22,26). The number of anilines is 1. The van der Waals surface area contributed by atoms with Crippen LogP contribution in [0.5, 0.6) is 6.01 Å². The Kier molecular flexibility index (Phi) is 7.02. The minimum Gasteiger partial charge on any atom is -0.460 e. The molecule has 0 bridgehead atoms. The molecule has 7 nitrogen and oxygen atoms in total. The van der Waals surface area contributed by atoms with Gasteiger partial charge in [-0.1, -0.05) is 28.1 Å². The van der Waals surface area contributed by atoms with Crippen molar-refractivity contribution in [3.8, 4) is 23.1 Å². The molecule has 1 amide bonds. The maximum Gasteiger partial charge on any atom is 0.336 e. The molecule has 2 aromatic carbocycles. The van der Waals surface area contributed by atoms with Crippen LogP contribution in [0.4, 0.5) is 5.69 Å². The van der Waals surface area contributed by atoms with Crippen LogP contribution in [-0.2, 0) is 9.53 Å². The molecule has 0 saturated carbocycles. The highest BCUT2D eigenvalue weighted by atomic mass is 79.9. The van der Waals surface area contributed by atoms with Gasteiger partial charge in [-0.25, -0.2) is 4.68 Å². The molecule has 0 aliphatic heterocycles. The van der Waals surface area contributed by atoms with Crippen molar-refractivity contribution < 1.29 is 14.3 Å². The number of alkyl halides is 1. The lowest BCUT2D eigenvalue weighted by atomic mass is 10.2. The number of methoxy groups -OCH3 is 1. The second-order valence-electron chi connectivity index (χ2n) is 5.71. The van der Waals surface area contributed by atoms with Gasteiger partial charge in [0.25, 0.3) is 0 Å². The molecule has 1 N–H and O–H groups in total. The first kappa shape index (κ1) is 20.3. The van der Waals surface area contributed by atoms with Gasteiger partial charge in [0.1, 0.15) is 12.5 Å². The molecule has 1 heterocycles. The number of amides is 1. The third-order valence-corrected chi connectivity index (χ3v) is 4.50. The average Bonchev–Trinajstić information content (AvgIpc) is 3.13. The van der Waals surface area contributed by atoms with Crippen molar-refractivity contribution >= 4 is 39.1 Å². The van der Waals surface area contributed by atoms with Gasteiger partial charge in [-0.3, -0.25) is 4.79 Å². The van der Waals surface area contributed by atoms with Gasteiger partial charge >= 0.3 is 6.01 Å². The van der Waals surface area contributed by atoms with E-state index < -0.39 is 0 Å². The highest BCUT2D eigenvalue weighted by molar-refractivity contribution is 9.10. The van der Waals surface area contributed by atoms with Crippen LogP contribution < -0.4 is 10.1 Å². The van der Waals surface area contributed by atoms with Crippen molar-refractivity contribution in [2.75, 3.05) is 31.5 Å². The lowest BCUT2D eigenvalue weighted by Gasteiger charge is -2.08. The van der Waals surface area contributed by atoms with E-state index in [2.05, 4.69) is 31.3 Å². The number of aromatic nitrogens is 3. The second-order valence-corrected chi connectivity index (χ2v) is 6.89. The number of carbonyl (C=O) groups excluding carboxylic acids is 1. The van der Waals surface area contributed by atoms with Crippen molar-refractivity contribution in [2.45, 2.75) is 0 Å². The molecule has 0 aliphatic carbocycles. The van der Waals surface area contributed by atoms with Crippen LogP contribution in [0.1, 0.15) is 0 Å². The van der Waals surface area contributed by atoms with Crippen molar-refractivity contribution in [1.82, 2.24) is 14.8 Å². The fourth-order valence-corrected chi connectivity index (χ4v) is 2.75. The van der Waals surface area contributed by atoms with Gasteiger partial charge in [-0.05, 0) is 36.4 Å². The Labute approximate surface area is 175 Å². The molecule has 0 fully saturated rings. The van der Waals surface area contributed by atoms with Gasteiger partial charge in [0, 0.05) is 22.8 Å². The summed E-state index contributed by atoms with van der Waals surface area (Å²) in [6, 6.07) is 15.2. The molecular formula is C19H18BrClN4O3. The third-order valence-electron chi connectivity index (χ3n) is 3.73. The van der Waals surface area contributed by atoms with E-state index in [9.17, 15) is 4.79 Å². The number of halogens is 2. The summed E-state index contributed by atoms with van der Waals surface area (Å²) in [5, 5.41) is 7.17. The molecule has 3 aromatic rings. The summed E-state index contributed by atoms with van der Waals surface area (Å²) in [7, 11) is 1.60. The first-order valence-electron chi connectivity index (χ1n) is 8.41. The number of benzene rings is 2. The van der Waals surface area contributed by atoms with Crippen LogP contribution in [0.2, 0.25) is 0 Å². The molecule has 0 aliphatic rings. The Morgan fingerprint density at radius 2 is 1.86 bits per heavy atom. The van der Waals surface area contributed by atoms with Gasteiger partial charge < -0.3 is 14.8 Å². The molecule has 0 atom stereocenters. The molecule has 0 spiro atoms. The van der Waals surface area contributed by atoms with E-state index in [-0.39, 0.29) is 17.8 Å². The maximum atomic E-state index is 11.4. The van der Waals surface area contributed by atoms with Gasteiger partial charge in [0.15, 0.2) is 5.82 Å². The predicted octanol–water partition coefficient (Wildman–Crippen LogP) is 3.90. The van der Waals surface area contributed by atoms with Crippen LogP contribution in [0.3, 0.4) is 0 Å². The fraction of sp³-hybridized carbons (Fsp3) is 0.211. The molecule has 0 radical (unpaired) electrons. The van der Waals surface area contributed by atoms with Gasteiger partial charge in [-0.15, -0.1) is 16.7 Å². The molecule has 0 unspecified atom stereocenters. The lowest BCUT2D eigenvalue weighted by Crippen LogP contribution is -2.12. The SMILES string of the molecule is COCCOc1nc(-c2ccc(Br)cc2)n(-c2ccc(NC(=O)CCl)cc2)n1. The van der Waals surface area contributed by atoms with Crippen molar-refractivity contribution in [3.05, 3.63) is 53.0 Å². The first-order valence-corrected chi connectivity index (χ1v) is 9.74. The van der Waals surface area contributed by atoms with Gasteiger partial charge in [0.2, 0.25) is 5.91 Å². The van der Waals surface area contributed by atoms with E-state index in [0.717, 1.165) is 15.7 Å². The van der Waals surface area contributed by atoms with Crippen LogP contribution >= 0.6 is 27.5 Å². The molecule has 9 heteroatoms. The summed E-state index contributed by atoms with van der Waals surface area (Å²) in [5.41, 5.74) is 2.31. The molecule has 0 saturated heterocycles. The summed E-state index contributed by atoms with van der Waals surface area (Å²) in [6.07, 6.45) is 0. The van der Waals surface area contributed by atoms with Crippen LogP contribution in [0.25, 0.3) is 17.1 Å². The molecule has 1 aromatic heterocycles. The largest absolute Gasteiger partial charge is 0.460 e. The van der Waals surface area contributed by atoms with E-state index in [1.807, 2.05) is 36.4 Å². The van der Waals surface area contributed by atoms with Crippen LogP contribution in [0.15, 0.2) is 53.0 Å². The average molecular weight is 466 g/mol. The van der Waals surface area contributed by atoms with Crippen molar-refractivity contribution in [1.29, 1.82) is 0 Å². The fourth-order valence-electron chi connectivity index (χ4n) is 2.42. The zero-order valence-corrected chi connectivity index (χ0v) is 17.4. The Balaban J connectivity index is 1.93. The number of nitrogens with one attached hydrogen (secondary N) is 1. The monoisotopic (exact) mass is 464 g/mol. The summed E-state index contributed by atoms with van der Waals surface area (Å²) >= 11 is 8.96. The van der Waals surface area contributed by atoms with E-state index in [4.69, 9.17) is 21.1 Å². The maximum absolute atomic E-state index is 11.4. The number of carbonyl (C=O) groups is 1. The lowest BCUT2D eigenvalue weighted by molar-refractivity contribution is -0.113. The predicted molar refractivity (Wildman–Crippen MR) is 111 cm³/mol. The normalized spacial score (nSPS) is 10.7. The zero-order valence-electron chi connectivity index (χ0n) is 15.1. The zero-order chi connectivity index (χ0) is 19.9. The van der Waals surface area contributed by atoms with Crippen LogP contribution in [0, 0.1) is 0 Å². The Bertz CT molecular complexity index is 929. The van der Waals surface area contributed by atoms with E-state index in [1.165, 1.54) is 0 Å². The summed E-state index contributed by atoms with van der Waals surface area (Å²) < 4.78 is 13.2. The van der Waals surface area contributed by atoms with Gasteiger partial charge in [0.05, 0.1) is 12.3 Å². The molecular weight excluding hydrogens is 448 g/mol. The summed E-state index contributed by atoms with van der Waals surface area (Å²) in [5.74, 6) is 0.276. The van der Waals surface area contributed by atoms with E-state index in [1.54, 1.807) is 23.9 Å². The summed E-state index contributed by atoms with van der Waals surface area (Å²) in [4.78, 5) is 15.9. The number of hydrogen-bond acceptors (Lipinski definition) is 5. The quantitative estimate of drug-likeness (QED) is 0.403. The highest BCUT2D eigenvalue weighted by Gasteiger charge is 2.15. The number of ether oxygens (including phenoxy) is 2. The van der Waals surface area contributed by atoms with E-state index >= 15 is 0 Å². The number of nitrogens with zero attached hydrogens (tertiary/aromatic N) is 3. The third kappa shape index (κ3) is 5.09. The van der Waals surface area contributed by atoms with Crippen molar-refractivity contribution in [2.24, 2.45) is 0 Å². The highest BCUT2D eigenvalue weighted by Crippen LogP contribution is 2.25. The number of hydrogen-bond donors (Lipinski definition) is 1. The topological polar surface area (TPSA) is 78.3 Å². The molecule has 3 rings (SSSR count). The molecule has 28 heavy (non-hydrogen) atoms. The van der Waals surface area contributed by atoms with Crippen LogP contribution in [-0.4, -0.2) is 46.9 Å². The minimum absolute atomic E-state index is 0.0965. The minimum atomic E-state index is -0.264. The first-order chi connectivity index (χ1) is 13.6. The number of rotatable bonds is 8. The van der Waals surface area contributed by atoms with Crippen molar-refractivity contribution in [3.63, 3.8) is 0 Å². The second kappa shape index (κ2) is 9.68. The Hall–Kier alpha value is -2.42. The van der Waals surface area contributed by atoms with E-state index in [0.29, 0.717) is 24.7 Å². The summed E-state index contributed by atoms with van der Waals surface area (Å²) in [6.45, 7) is 0.792. The van der Waals surface area contributed by atoms with Gasteiger partial charge in [-0.2, -0.15) is 4.98 Å². The molecule has 146 valence electrons. The smallest absolute Gasteiger partial charge is 0.336 e. The Morgan fingerprint density at radius 1 is 1.14 bits per heavy atom.